The molecular weight excluding hydrogens is 368 g/mol. The Morgan fingerprint density at radius 1 is 1.10 bits per heavy atom. The summed E-state index contributed by atoms with van der Waals surface area (Å²) < 4.78 is 0. The second kappa shape index (κ2) is 7.20. The number of H-pyrrole nitrogens is 1. The molecule has 144 valence electrons. The van der Waals surface area contributed by atoms with Gasteiger partial charge in [-0.1, -0.05) is 24.3 Å². The van der Waals surface area contributed by atoms with Gasteiger partial charge in [0, 0.05) is 29.5 Å². The summed E-state index contributed by atoms with van der Waals surface area (Å²) in [6.07, 6.45) is 1.44. The summed E-state index contributed by atoms with van der Waals surface area (Å²) in [6, 6.07) is 16.2. The molecule has 0 fully saturated rings. The van der Waals surface area contributed by atoms with Crippen molar-refractivity contribution in [3.63, 3.8) is 0 Å². The van der Waals surface area contributed by atoms with E-state index in [0.717, 1.165) is 28.0 Å². The average molecular weight is 386 g/mol. The van der Waals surface area contributed by atoms with Crippen molar-refractivity contribution in [3.8, 4) is 17.1 Å². The first kappa shape index (κ1) is 18.4. The number of nitro groups is 1. The number of aliphatic imine (C=N–C) groups is 1. The van der Waals surface area contributed by atoms with Gasteiger partial charge >= 0.3 is 0 Å². The number of hydrogen-bond acceptors (Lipinski definition) is 5. The molecular formula is C22H18N4O3. The van der Waals surface area contributed by atoms with Gasteiger partial charge < -0.3 is 10.1 Å². The number of nitro benzene ring substituents is 1. The molecule has 1 aromatic heterocycles. The molecule has 0 atom stereocenters. The lowest BCUT2D eigenvalue weighted by Gasteiger charge is -2.05. The number of benzene rings is 3. The third-order valence-electron chi connectivity index (χ3n) is 4.74. The Kier molecular flexibility index (Phi) is 4.56. The molecule has 0 spiro atoms. The minimum absolute atomic E-state index is 0.0227. The summed E-state index contributed by atoms with van der Waals surface area (Å²) in [4.78, 5) is 23.0. The zero-order valence-corrected chi connectivity index (χ0v) is 15.9. The summed E-state index contributed by atoms with van der Waals surface area (Å²) in [7, 11) is 0. The van der Waals surface area contributed by atoms with Gasteiger partial charge in [0.25, 0.3) is 5.69 Å². The number of aromatic hydroxyl groups is 1. The monoisotopic (exact) mass is 386 g/mol. The number of aromatic nitrogens is 2. The highest BCUT2D eigenvalue weighted by molar-refractivity contribution is 5.88. The number of imidazole rings is 1. The second-order valence-corrected chi connectivity index (χ2v) is 6.82. The molecule has 0 saturated heterocycles. The highest BCUT2D eigenvalue weighted by Gasteiger charge is 2.13. The molecule has 0 saturated carbocycles. The SMILES string of the molecule is Cc1ccc(-c2nc3ccccc3[nH]2)cc1N=Cc1cc([N+](=O)[O-])cc(C)c1O. The summed E-state index contributed by atoms with van der Waals surface area (Å²) in [6.45, 7) is 3.54. The Hall–Kier alpha value is -4.00. The van der Waals surface area contributed by atoms with E-state index in [1.807, 2.05) is 49.4 Å². The number of aromatic amines is 1. The summed E-state index contributed by atoms with van der Waals surface area (Å²) in [5, 5.41) is 21.3. The van der Waals surface area contributed by atoms with Crippen molar-refractivity contribution in [1.82, 2.24) is 9.97 Å². The predicted octanol–water partition coefficient (Wildman–Crippen LogP) is 5.21. The molecule has 0 unspecified atom stereocenters. The molecule has 0 bridgehead atoms. The number of hydrogen-bond donors (Lipinski definition) is 2. The van der Waals surface area contributed by atoms with Crippen LogP contribution in [0.4, 0.5) is 11.4 Å². The van der Waals surface area contributed by atoms with Gasteiger partial charge in [-0.05, 0) is 43.2 Å². The van der Waals surface area contributed by atoms with E-state index in [4.69, 9.17) is 0 Å². The highest BCUT2D eigenvalue weighted by Crippen LogP contribution is 2.29. The maximum Gasteiger partial charge on any atom is 0.270 e. The number of phenols is 1. The Labute approximate surface area is 166 Å². The van der Waals surface area contributed by atoms with Crippen molar-refractivity contribution in [1.29, 1.82) is 0 Å². The number of para-hydroxylation sites is 2. The van der Waals surface area contributed by atoms with Gasteiger partial charge in [0.2, 0.25) is 0 Å². The highest BCUT2D eigenvalue weighted by atomic mass is 16.6. The van der Waals surface area contributed by atoms with Crippen molar-refractivity contribution in [2.75, 3.05) is 0 Å². The van der Waals surface area contributed by atoms with Gasteiger partial charge in [-0.3, -0.25) is 15.1 Å². The van der Waals surface area contributed by atoms with Crippen molar-refractivity contribution < 1.29 is 10.0 Å². The zero-order valence-electron chi connectivity index (χ0n) is 15.9. The first-order valence-electron chi connectivity index (χ1n) is 9.00. The normalized spacial score (nSPS) is 11.4. The third kappa shape index (κ3) is 3.58. The van der Waals surface area contributed by atoms with Crippen LogP contribution in [-0.2, 0) is 0 Å². The lowest BCUT2D eigenvalue weighted by atomic mass is 10.1. The maximum absolute atomic E-state index is 11.1. The van der Waals surface area contributed by atoms with Gasteiger partial charge in [0.15, 0.2) is 0 Å². The van der Waals surface area contributed by atoms with Gasteiger partial charge in [-0.25, -0.2) is 4.98 Å². The molecule has 0 aliphatic rings. The average Bonchev–Trinajstić information content (AvgIpc) is 3.14. The van der Waals surface area contributed by atoms with Crippen LogP contribution in [0.1, 0.15) is 16.7 Å². The van der Waals surface area contributed by atoms with E-state index in [0.29, 0.717) is 16.8 Å². The van der Waals surface area contributed by atoms with E-state index in [2.05, 4.69) is 15.0 Å². The van der Waals surface area contributed by atoms with Crippen LogP contribution < -0.4 is 0 Å². The van der Waals surface area contributed by atoms with Crippen LogP contribution in [0.25, 0.3) is 22.4 Å². The smallest absolute Gasteiger partial charge is 0.270 e. The first-order valence-corrected chi connectivity index (χ1v) is 9.00. The number of rotatable bonds is 4. The van der Waals surface area contributed by atoms with Crippen LogP contribution in [0.5, 0.6) is 5.75 Å². The fraction of sp³-hybridized carbons (Fsp3) is 0.0909. The van der Waals surface area contributed by atoms with Crippen molar-refractivity contribution in [2.24, 2.45) is 4.99 Å². The van der Waals surface area contributed by atoms with Crippen LogP contribution in [-0.4, -0.2) is 26.2 Å². The Bertz CT molecular complexity index is 1240. The second-order valence-electron chi connectivity index (χ2n) is 6.82. The molecule has 3 aromatic carbocycles. The summed E-state index contributed by atoms with van der Waals surface area (Å²) in [5.74, 6) is 0.710. The molecule has 4 rings (SSSR count). The Morgan fingerprint density at radius 2 is 1.90 bits per heavy atom. The molecule has 7 nitrogen and oxygen atoms in total. The fourth-order valence-corrected chi connectivity index (χ4v) is 3.12. The van der Waals surface area contributed by atoms with Crippen molar-refractivity contribution in [2.45, 2.75) is 13.8 Å². The van der Waals surface area contributed by atoms with Crippen LogP contribution in [0.3, 0.4) is 0 Å². The molecule has 0 aliphatic heterocycles. The van der Waals surface area contributed by atoms with E-state index in [-0.39, 0.29) is 11.4 Å². The van der Waals surface area contributed by atoms with E-state index in [1.165, 1.54) is 18.3 Å². The van der Waals surface area contributed by atoms with Crippen molar-refractivity contribution in [3.05, 3.63) is 81.4 Å². The largest absolute Gasteiger partial charge is 0.507 e. The quantitative estimate of drug-likeness (QED) is 0.285. The minimum atomic E-state index is -0.489. The maximum atomic E-state index is 11.1. The standard InChI is InChI=1S/C22H18N4O3/c1-13-7-8-15(22-24-18-5-3-4-6-19(18)25-22)11-20(13)23-12-16-10-17(26(28)29)9-14(2)21(16)27/h3-12,27H,1-2H3,(H,24,25). The van der Waals surface area contributed by atoms with E-state index in [1.54, 1.807) is 6.92 Å². The Morgan fingerprint density at radius 3 is 2.66 bits per heavy atom. The van der Waals surface area contributed by atoms with Crippen LogP contribution >= 0.6 is 0 Å². The lowest BCUT2D eigenvalue weighted by molar-refractivity contribution is -0.384. The van der Waals surface area contributed by atoms with Crippen LogP contribution in [0.15, 0.2) is 59.6 Å². The number of non-ortho nitro benzene ring substituents is 1. The zero-order chi connectivity index (χ0) is 20.5. The van der Waals surface area contributed by atoms with Crippen LogP contribution in [0.2, 0.25) is 0 Å². The molecule has 0 amide bonds. The fourth-order valence-electron chi connectivity index (χ4n) is 3.12. The number of phenolic OH excluding ortho intramolecular Hbond substituents is 1. The molecule has 29 heavy (non-hydrogen) atoms. The predicted molar refractivity (Wildman–Crippen MR) is 113 cm³/mol. The van der Waals surface area contributed by atoms with Gasteiger partial charge in [0.05, 0.1) is 21.6 Å². The molecule has 0 radical (unpaired) electrons. The molecule has 0 aliphatic carbocycles. The van der Waals surface area contributed by atoms with Gasteiger partial charge in [-0.2, -0.15) is 0 Å². The number of nitrogens with zero attached hydrogens (tertiary/aromatic N) is 3. The first-order chi connectivity index (χ1) is 13.9. The van der Waals surface area contributed by atoms with Gasteiger partial charge in [0.1, 0.15) is 11.6 Å². The van der Waals surface area contributed by atoms with E-state index in [9.17, 15) is 15.2 Å². The summed E-state index contributed by atoms with van der Waals surface area (Å²) in [5.41, 5.74) is 4.95. The van der Waals surface area contributed by atoms with Crippen molar-refractivity contribution >= 4 is 28.6 Å². The number of nitrogens with one attached hydrogen (secondary N) is 1. The Balaban J connectivity index is 1.73. The molecule has 2 N–H and O–H groups in total. The van der Waals surface area contributed by atoms with Crippen LogP contribution in [0, 0.1) is 24.0 Å². The summed E-state index contributed by atoms with van der Waals surface area (Å²) >= 11 is 0. The molecule has 4 aromatic rings. The van der Waals surface area contributed by atoms with E-state index < -0.39 is 4.92 Å². The molecule has 7 heteroatoms. The number of aryl methyl sites for hydroxylation is 2. The lowest BCUT2D eigenvalue weighted by Crippen LogP contribution is -1.93. The number of fused-ring (bicyclic) bond motifs is 1. The van der Waals surface area contributed by atoms with Gasteiger partial charge in [-0.15, -0.1) is 0 Å². The minimum Gasteiger partial charge on any atom is -0.507 e. The third-order valence-corrected chi connectivity index (χ3v) is 4.74. The molecule has 1 heterocycles. The van der Waals surface area contributed by atoms with E-state index >= 15 is 0 Å². The topological polar surface area (TPSA) is 104 Å².